The van der Waals surface area contributed by atoms with Crippen LogP contribution in [0, 0.1) is 5.41 Å². The summed E-state index contributed by atoms with van der Waals surface area (Å²) in [6.07, 6.45) is 7.29. The summed E-state index contributed by atoms with van der Waals surface area (Å²) >= 11 is 0. The van der Waals surface area contributed by atoms with Crippen molar-refractivity contribution in [1.82, 2.24) is 5.32 Å². The van der Waals surface area contributed by atoms with Crippen LogP contribution in [0.2, 0.25) is 0 Å². The van der Waals surface area contributed by atoms with Gasteiger partial charge in [-0.3, -0.25) is 0 Å². The van der Waals surface area contributed by atoms with E-state index in [-0.39, 0.29) is 0 Å². The van der Waals surface area contributed by atoms with Gasteiger partial charge in [-0.15, -0.1) is 0 Å². The summed E-state index contributed by atoms with van der Waals surface area (Å²) in [4.78, 5) is 2.56. The lowest BCUT2D eigenvalue weighted by Gasteiger charge is -2.53. The molecule has 1 aromatic rings. The van der Waals surface area contributed by atoms with Crippen LogP contribution in [0.4, 0.5) is 5.69 Å². The molecule has 1 aromatic carbocycles. The Bertz CT molecular complexity index is 396. The smallest absolute Gasteiger partial charge is 0.0366 e. The van der Waals surface area contributed by atoms with Gasteiger partial charge in [0.05, 0.1) is 0 Å². The highest BCUT2D eigenvalue weighted by atomic mass is 15.2. The Hall–Kier alpha value is -1.02. The molecule has 2 heteroatoms. The molecule has 1 aliphatic heterocycles. The first-order valence-electron chi connectivity index (χ1n) is 7.86. The van der Waals surface area contributed by atoms with Crippen molar-refractivity contribution < 1.29 is 0 Å². The van der Waals surface area contributed by atoms with E-state index in [9.17, 15) is 0 Å². The lowest BCUT2D eigenvalue weighted by Crippen LogP contribution is -2.57. The molecule has 104 valence electrons. The zero-order chi connectivity index (χ0) is 13.1. The Morgan fingerprint density at radius 1 is 1.05 bits per heavy atom. The molecule has 1 saturated carbocycles. The van der Waals surface area contributed by atoms with Crippen LogP contribution in [-0.4, -0.2) is 19.6 Å². The molecule has 1 N–H and O–H groups in total. The first-order valence-corrected chi connectivity index (χ1v) is 7.86. The molecule has 0 unspecified atom stereocenters. The molecular formula is C17H26N2. The molecule has 2 nitrogen and oxygen atoms in total. The molecule has 0 bridgehead atoms. The summed E-state index contributed by atoms with van der Waals surface area (Å²) in [5.41, 5.74) is 3.48. The van der Waals surface area contributed by atoms with Gasteiger partial charge in [-0.2, -0.15) is 0 Å². The number of benzene rings is 1. The van der Waals surface area contributed by atoms with Gasteiger partial charge in [0.2, 0.25) is 0 Å². The van der Waals surface area contributed by atoms with E-state index < -0.39 is 0 Å². The van der Waals surface area contributed by atoms with Gasteiger partial charge in [0.1, 0.15) is 0 Å². The van der Waals surface area contributed by atoms with Crippen LogP contribution < -0.4 is 10.2 Å². The first-order chi connectivity index (χ1) is 9.31. The molecule has 19 heavy (non-hydrogen) atoms. The van der Waals surface area contributed by atoms with E-state index in [1.807, 2.05) is 0 Å². The fourth-order valence-electron chi connectivity index (χ4n) is 3.66. The molecule has 1 spiro atoms. The molecule has 1 aliphatic carbocycles. The average molecular weight is 258 g/mol. The third kappa shape index (κ3) is 2.79. The average Bonchev–Trinajstić information content (AvgIpc) is 2.44. The second-order valence-electron chi connectivity index (χ2n) is 6.36. The fourth-order valence-corrected chi connectivity index (χ4v) is 3.66. The second kappa shape index (κ2) is 5.54. The minimum Gasteiger partial charge on any atom is -0.370 e. The molecule has 0 aromatic heterocycles. The predicted molar refractivity (Wildman–Crippen MR) is 81.6 cm³/mol. The Labute approximate surface area is 117 Å². The number of rotatable bonds is 4. The van der Waals surface area contributed by atoms with Crippen molar-refractivity contribution in [2.45, 2.75) is 45.6 Å². The molecule has 1 heterocycles. The maximum Gasteiger partial charge on any atom is 0.0366 e. The maximum absolute atomic E-state index is 3.37. The lowest BCUT2D eigenvalue weighted by atomic mass is 9.68. The Morgan fingerprint density at radius 2 is 1.74 bits per heavy atom. The molecule has 2 aliphatic rings. The zero-order valence-corrected chi connectivity index (χ0v) is 12.1. The highest BCUT2D eigenvalue weighted by molar-refractivity contribution is 5.51. The van der Waals surface area contributed by atoms with Crippen LogP contribution in [0.25, 0.3) is 0 Å². The van der Waals surface area contributed by atoms with Crippen molar-refractivity contribution >= 4 is 5.69 Å². The van der Waals surface area contributed by atoms with E-state index in [2.05, 4.69) is 41.4 Å². The van der Waals surface area contributed by atoms with E-state index in [0.717, 1.165) is 13.1 Å². The Balaban J connectivity index is 1.56. The number of nitrogens with one attached hydrogen (secondary N) is 1. The number of anilines is 1. The third-order valence-corrected chi connectivity index (χ3v) is 4.85. The summed E-state index contributed by atoms with van der Waals surface area (Å²) in [6, 6.07) is 9.12. The van der Waals surface area contributed by atoms with Crippen LogP contribution >= 0.6 is 0 Å². The topological polar surface area (TPSA) is 15.3 Å². The number of hydrogen-bond donors (Lipinski definition) is 1. The Kier molecular flexibility index (Phi) is 3.79. The van der Waals surface area contributed by atoms with E-state index in [4.69, 9.17) is 0 Å². The van der Waals surface area contributed by atoms with Crippen molar-refractivity contribution in [3.63, 3.8) is 0 Å². The first kappa shape index (κ1) is 13.0. The highest BCUT2D eigenvalue weighted by Crippen LogP contribution is 2.45. The monoisotopic (exact) mass is 258 g/mol. The lowest BCUT2D eigenvalue weighted by molar-refractivity contribution is 0.139. The van der Waals surface area contributed by atoms with Crippen LogP contribution in [0.15, 0.2) is 24.3 Å². The van der Waals surface area contributed by atoms with Gasteiger partial charge in [-0.25, -0.2) is 0 Å². The van der Waals surface area contributed by atoms with Gasteiger partial charge < -0.3 is 10.2 Å². The minimum atomic E-state index is 0.681. The highest BCUT2D eigenvalue weighted by Gasteiger charge is 2.43. The fraction of sp³-hybridized carbons (Fsp3) is 0.647. The molecule has 1 saturated heterocycles. The van der Waals surface area contributed by atoms with Crippen molar-refractivity contribution in [3.8, 4) is 0 Å². The molecule has 0 atom stereocenters. The van der Waals surface area contributed by atoms with Crippen LogP contribution in [-0.2, 0) is 6.54 Å². The number of hydrogen-bond acceptors (Lipinski definition) is 2. The molecule has 0 radical (unpaired) electrons. The normalized spacial score (nSPS) is 21.4. The predicted octanol–water partition coefficient (Wildman–Crippen LogP) is 3.57. The molecular weight excluding hydrogens is 232 g/mol. The number of nitrogens with zero attached hydrogens (tertiary/aromatic N) is 1. The summed E-state index contributed by atoms with van der Waals surface area (Å²) in [7, 11) is 0. The van der Waals surface area contributed by atoms with Crippen molar-refractivity contribution in [1.29, 1.82) is 0 Å². The minimum absolute atomic E-state index is 0.681. The summed E-state index contributed by atoms with van der Waals surface area (Å²) in [5, 5.41) is 3.37. The van der Waals surface area contributed by atoms with Crippen molar-refractivity contribution in [3.05, 3.63) is 29.8 Å². The van der Waals surface area contributed by atoms with E-state index in [1.165, 1.54) is 56.4 Å². The molecule has 3 rings (SSSR count). The van der Waals surface area contributed by atoms with Crippen LogP contribution in [0.5, 0.6) is 0 Å². The van der Waals surface area contributed by atoms with Crippen molar-refractivity contribution in [2.75, 3.05) is 24.5 Å². The standard InChI is InChI=1S/C17H26N2/c1-2-18-12-15-6-8-16(9-7-15)19-13-17(14-19)10-4-3-5-11-17/h6-9,18H,2-5,10-14H2,1H3. The SMILES string of the molecule is CCNCc1ccc(N2CC3(CCCCC3)C2)cc1. The van der Waals surface area contributed by atoms with Gasteiger partial charge in [-0.1, -0.05) is 38.3 Å². The van der Waals surface area contributed by atoms with Crippen LogP contribution in [0.1, 0.15) is 44.6 Å². The van der Waals surface area contributed by atoms with Gasteiger partial charge in [0.15, 0.2) is 0 Å². The van der Waals surface area contributed by atoms with Crippen LogP contribution in [0.3, 0.4) is 0 Å². The van der Waals surface area contributed by atoms with E-state index >= 15 is 0 Å². The van der Waals surface area contributed by atoms with E-state index in [0.29, 0.717) is 5.41 Å². The summed E-state index contributed by atoms with van der Waals surface area (Å²) < 4.78 is 0. The van der Waals surface area contributed by atoms with Gasteiger partial charge in [-0.05, 0) is 37.1 Å². The van der Waals surface area contributed by atoms with E-state index in [1.54, 1.807) is 0 Å². The third-order valence-electron chi connectivity index (χ3n) is 4.85. The zero-order valence-electron chi connectivity index (χ0n) is 12.1. The summed E-state index contributed by atoms with van der Waals surface area (Å²) in [5.74, 6) is 0. The van der Waals surface area contributed by atoms with Gasteiger partial charge in [0, 0.05) is 30.7 Å². The second-order valence-corrected chi connectivity index (χ2v) is 6.36. The Morgan fingerprint density at radius 3 is 2.37 bits per heavy atom. The molecule has 2 fully saturated rings. The quantitative estimate of drug-likeness (QED) is 0.888. The summed E-state index contributed by atoms with van der Waals surface area (Å²) in [6.45, 7) is 6.76. The van der Waals surface area contributed by atoms with Gasteiger partial charge in [0.25, 0.3) is 0 Å². The maximum atomic E-state index is 3.37. The van der Waals surface area contributed by atoms with Gasteiger partial charge >= 0.3 is 0 Å². The van der Waals surface area contributed by atoms with Crippen molar-refractivity contribution in [2.24, 2.45) is 5.41 Å². The largest absolute Gasteiger partial charge is 0.370 e. The molecule has 0 amide bonds.